The normalized spacial score (nSPS) is 18.8. The van der Waals surface area contributed by atoms with Crippen LogP contribution in [0.5, 0.6) is 0 Å². The van der Waals surface area contributed by atoms with E-state index in [2.05, 4.69) is 15.5 Å². The third kappa shape index (κ3) is 2.78. The Morgan fingerprint density at radius 2 is 2.29 bits per heavy atom. The highest BCUT2D eigenvalue weighted by molar-refractivity contribution is 5.94. The maximum absolute atomic E-state index is 12.5. The first-order valence-electron chi connectivity index (χ1n) is 6.90. The molecule has 1 aliphatic heterocycles. The molecule has 0 saturated carbocycles. The molecule has 3 rings (SSSR count). The number of hydrogen-bond acceptors (Lipinski definition) is 5. The van der Waals surface area contributed by atoms with Gasteiger partial charge in [-0.2, -0.15) is 0 Å². The van der Waals surface area contributed by atoms with Crippen molar-refractivity contribution in [2.45, 2.75) is 20.0 Å². The molecule has 0 radical (unpaired) electrons. The number of tetrazole rings is 1. The number of aryl methyl sites for hydroxylation is 1. The maximum atomic E-state index is 12.5. The van der Waals surface area contributed by atoms with E-state index in [0.717, 1.165) is 11.3 Å². The van der Waals surface area contributed by atoms with Crippen LogP contribution in [0.25, 0.3) is 5.69 Å². The van der Waals surface area contributed by atoms with Gasteiger partial charge in [-0.05, 0) is 48.0 Å². The van der Waals surface area contributed by atoms with Crippen molar-refractivity contribution >= 4 is 5.91 Å². The molecule has 0 bridgehead atoms. The van der Waals surface area contributed by atoms with Crippen LogP contribution in [0.15, 0.2) is 24.5 Å². The molecule has 1 aromatic carbocycles. The fraction of sp³-hybridized carbons (Fsp3) is 0.429. The average molecular weight is 287 g/mol. The van der Waals surface area contributed by atoms with Gasteiger partial charge in [-0.25, -0.2) is 4.68 Å². The number of rotatable bonds is 2. The molecule has 1 aromatic heterocycles. The first-order chi connectivity index (χ1) is 10.1. The van der Waals surface area contributed by atoms with Gasteiger partial charge in [0.25, 0.3) is 5.91 Å². The van der Waals surface area contributed by atoms with Crippen LogP contribution in [-0.4, -0.2) is 56.8 Å². The lowest BCUT2D eigenvalue weighted by atomic mass is 10.1. The van der Waals surface area contributed by atoms with Crippen LogP contribution in [0.2, 0.25) is 0 Å². The standard InChI is InChI=1S/C14H17N5O2/c1-10-7-12(3-4-13(10)19-9-15-16-17-19)14(20)18-5-6-21-11(2)8-18/h3-4,7,9,11H,5-6,8H2,1-2H3/t11-/m1/s1. The lowest BCUT2D eigenvalue weighted by molar-refractivity contribution is -0.0124. The summed E-state index contributed by atoms with van der Waals surface area (Å²) in [5.74, 6) is 0.0384. The molecule has 0 unspecified atom stereocenters. The molecule has 7 nitrogen and oxygen atoms in total. The van der Waals surface area contributed by atoms with Gasteiger partial charge in [-0.1, -0.05) is 0 Å². The van der Waals surface area contributed by atoms with Crippen molar-refractivity contribution in [3.63, 3.8) is 0 Å². The van der Waals surface area contributed by atoms with Crippen molar-refractivity contribution in [2.24, 2.45) is 0 Å². The largest absolute Gasteiger partial charge is 0.375 e. The highest BCUT2D eigenvalue weighted by Crippen LogP contribution is 2.17. The van der Waals surface area contributed by atoms with Crippen molar-refractivity contribution in [2.75, 3.05) is 19.7 Å². The van der Waals surface area contributed by atoms with E-state index in [9.17, 15) is 4.79 Å². The van der Waals surface area contributed by atoms with Crippen LogP contribution in [0.1, 0.15) is 22.8 Å². The van der Waals surface area contributed by atoms with Gasteiger partial charge >= 0.3 is 0 Å². The van der Waals surface area contributed by atoms with Gasteiger partial charge in [0.2, 0.25) is 0 Å². The van der Waals surface area contributed by atoms with Crippen LogP contribution in [0.3, 0.4) is 0 Å². The summed E-state index contributed by atoms with van der Waals surface area (Å²) in [5, 5.41) is 11.1. The Kier molecular flexibility index (Phi) is 3.66. The Hall–Kier alpha value is -2.28. The van der Waals surface area contributed by atoms with Crippen molar-refractivity contribution in [1.29, 1.82) is 0 Å². The predicted octanol–water partition coefficient (Wildman–Crippen LogP) is 0.832. The van der Waals surface area contributed by atoms with Crippen LogP contribution < -0.4 is 0 Å². The Morgan fingerprint density at radius 3 is 2.95 bits per heavy atom. The van der Waals surface area contributed by atoms with E-state index < -0.39 is 0 Å². The molecular weight excluding hydrogens is 270 g/mol. The topological polar surface area (TPSA) is 73.1 Å². The van der Waals surface area contributed by atoms with E-state index >= 15 is 0 Å². The first-order valence-corrected chi connectivity index (χ1v) is 6.90. The van der Waals surface area contributed by atoms with Crippen LogP contribution in [0.4, 0.5) is 0 Å². The summed E-state index contributed by atoms with van der Waals surface area (Å²) in [7, 11) is 0. The molecule has 0 aliphatic carbocycles. The molecule has 1 aliphatic rings. The van der Waals surface area contributed by atoms with E-state index in [4.69, 9.17) is 4.74 Å². The number of benzene rings is 1. The molecule has 1 amide bonds. The summed E-state index contributed by atoms with van der Waals surface area (Å²) in [6.07, 6.45) is 1.62. The SMILES string of the molecule is Cc1cc(C(=O)N2CCO[C@H](C)C2)ccc1-n1cnnn1. The van der Waals surface area contributed by atoms with Gasteiger partial charge in [0.15, 0.2) is 0 Å². The van der Waals surface area contributed by atoms with Crippen molar-refractivity contribution in [3.8, 4) is 5.69 Å². The number of hydrogen-bond donors (Lipinski definition) is 0. The van der Waals surface area contributed by atoms with Gasteiger partial charge in [-0.3, -0.25) is 4.79 Å². The lowest BCUT2D eigenvalue weighted by Gasteiger charge is -2.31. The number of carbonyl (C=O) groups excluding carboxylic acids is 1. The highest BCUT2D eigenvalue weighted by Gasteiger charge is 2.22. The molecule has 110 valence electrons. The van der Waals surface area contributed by atoms with Gasteiger partial charge in [-0.15, -0.1) is 5.10 Å². The monoisotopic (exact) mass is 287 g/mol. The quantitative estimate of drug-likeness (QED) is 0.818. The summed E-state index contributed by atoms with van der Waals surface area (Å²) >= 11 is 0. The van der Waals surface area contributed by atoms with E-state index in [-0.39, 0.29) is 12.0 Å². The second-order valence-electron chi connectivity index (χ2n) is 5.19. The number of nitrogens with zero attached hydrogens (tertiary/aromatic N) is 5. The Bertz CT molecular complexity index is 641. The van der Waals surface area contributed by atoms with Gasteiger partial charge in [0.05, 0.1) is 18.4 Å². The lowest BCUT2D eigenvalue weighted by Crippen LogP contribution is -2.44. The summed E-state index contributed by atoms with van der Waals surface area (Å²) in [5.41, 5.74) is 2.50. The Morgan fingerprint density at radius 1 is 1.43 bits per heavy atom. The third-order valence-corrected chi connectivity index (χ3v) is 3.57. The fourth-order valence-corrected chi connectivity index (χ4v) is 2.50. The zero-order valence-corrected chi connectivity index (χ0v) is 12.1. The van der Waals surface area contributed by atoms with Gasteiger partial charge < -0.3 is 9.64 Å². The maximum Gasteiger partial charge on any atom is 0.254 e. The van der Waals surface area contributed by atoms with E-state index in [0.29, 0.717) is 25.3 Å². The predicted molar refractivity (Wildman–Crippen MR) is 75.2 cm³/mol. The van der Waals surface area contributed by atoms with Crippen molar-refractivity contribution in [1.82, 2.24) is 25.1 Å². The molecule has 0 spiro atoms. The molecule has 2 aromatic rings. The summed E-state index contributed by atoms with van der Waals surface area (Å²) in [6.45, 7) is 5.78. The van der Waals surface area contributed by atoms with E-state index in [1.807, 2.05) is 36.9 Å². The Balaban J connectivity index is 1.83. The molecule has 1 atom stereocenters. The highest BCUT2D eigenvalue weighted by atomic mass is 16.5. The van der Waals surface area contributed by atoms with Gasteiger partial charge in [0, 0.05) is 18.7 Å². The van der Waals surface area contributed by atoms with Crippen molar-refractivity contribution in [3.05, 3.63) is 35.7 Å². The Labute approximate surface area is 122 Å². The molecule has 0 N–H and O–H groups in total. The minimum absolute atomic E-state index is 0.0384. The molecule has 21 heavy (non-hydrogen) atoms. The van der Waals surface area contributed by atoms with Crippen LogP contribution in [0, 0.1) is 6.92 Å². The summed E-state index contributed by atoms with van der Waals surface area (Å²) < 4.78 is 7.05. The molecule has 1 fully saturated rings. The number of aromatic nitrogens is 4. The van der Waals surface area contributed by atoms with Gasteiger partial charge in [0.1, 0.15) is 6.33 Å². The zero-order chi connectivity index (χ0) is 14.8. The minimum atomic E-state index is 0.0384. The zero-order valence-electron chi connectivity index (χ0n) is 12.1. The first kappa shape index (κ1) is 13.7. The number of ether oxygens (including phenoxy) is 1. The van der Waals surface area contributed by atoms with Crippen molar-refractivity contribution < 1.29 is 9.53 Å². The number of carbonyl (C=O) groups is 1. The van der Waals surface area contributed by atoms with Crippen LogP contribution >= 0.6 is 0 Å². The second-order valence-corrected chi connectivity index (χ2v) is 5.19. The molecule has 1 saturated heterocycles. The molecular formula is C14H17N5O2. The molecule has 7 heteroatoms. The molecule has 2 heterocycles. The van der Waals surface area contributed by atoms with Crippen LogP contribution in [-0.2, 0) is 4.74 Å². The smallest absolute Gasteiger partial charge is 0.254 e. The second kappa shape index (κ2) is 5.61. The number of morpholine rings is 1. The third-order valence-electron chi connectivity index (χ3n) is 3.57. The summed E-state index contributed by atoms with van der Waals surface area (Å²) in [6, 6.07) is 5.55. The van der Waals surface area contributed by atoms with E-state index in [1.165, 1.54) is 6.33 Å². The number of amides is 1. The van der Waals surface area contributed by atoms with E-state index in [1.54, 1.807) is 4.68 Å². The summed E-state index contributed by atoms with van der Waals surface area (Å²) in [4.78, 5) is 14.4. The minimum Gasteiger partial charge on any atom is -0.375 e. The average Bonchev–Trinajstić information content (AvgIpc) is 3.00. The fourth-order valence-electron chi connectivity index (χ4n) is 2.50.